The number of hydrogen-bond donors (Lipinski definition) is 1. The van der Waals surface area contributed by atoms with Crippen molar-refractivity contribution >= 4 is 17.1 Å². The van der Waals surface area contributed by atoms with Crippen molar-refractivity contribution in [3.63, 3.8) is 0 Å². The van der Waals surface area contributed by atoms with Crippen molar-refractivity contribution in [2.75, 3.05) is 0 Å². The average molecular weight is 227 g/mol. The molecule has 1 heterocycles. The van der Waals surface area contributed by atoms with Crippen molar-refractivity contribution in [2.45, 2.75) is 12.8 Å². The molecule has 0 saturated carbocycles. The fourth-order valence-corrected chi connectivity index (χ4v) is 1.39. The lowest BCUT2D eigenvalue weighted by Crippen LogP contribution is -1.99. The molecule has 1 aromatic carbocycles. The molecule has 0 spiro atoms. The second-order valence-electron chi connectivity index (χ2n) is 3.17. The Morgan fingerprint density at radius 3 is 2.88 bits per heavy atom. The van der Waals surface area contributed by atoms with Crippen LogP contribution in [0.15, 0.2) is 22.6 Å². The quantitative estimate of drug-likeness (QED) is 0.874. The Kier molecular flexibility index (Phi) is 2.55. The van der Waals surface area contributed by atoms with Gasteiger partial charge in [0.25, 0.3) is 6.43 Å². The Hall–Kier alpha value is -1.98. The SMILES string of the molecule is O=C(O)Cc1nc2cccc(C(F)F)c2o1. The summed E-state index contributed by atoms with van der Waals surface area (Å²) in [6.45, 7) is 0. The van der Waals surface area contributed by atoms with Crippen LogP contribution in [0.2, 0.25) is 0 Å². The summed E-state index contributed by atoms with van der Waals surface area (Å²) in [6.07, 6.45) is -3.09. The van der Waals surface area contributed by atoms with E-state index in [0.29, 0.717) is 0 Å². The summed E-state index contributed by atoms with van der Waals surface area (Å²) < 4.78 is 30.1. The van der Waals surface area contributed by atoms with Gasteiger partial charge in [0, 0.05) is 0 Å². The van der Waals surface area contributed by atoms with Gasteiger partial charge in [0.1, 0.15) is 11.9 Å². The first-order valence-electron chi connectivity index (χ1n) is 4.46. The molecule has 4 nitrogen and oxygen atoms in total. The van der Waals surface area contributed by atoms with E-state index in [-0.39, 0.29) is 22.6 Å². The predicted molar refractivity (Wildman–Crippen MR) is 50.3 cm³/mol. The molecule has 1 N–H and O–H groups in total. The third-order valence-corrected chi connectivity index (χ3v) is 2.03. The smallest absolute Gasteiger partial charge is 0.312 e. The van der Waals surface area contributed by atoms with Crippen LogP contribution >= 0.6 is 0 Å². The summed E-state index contributed by atoms with van der Waals surface area (Å²) in [7, 11) is 0. The second kappa shape index (κ2) is 3.88. The van der Waals surface area contributed by atoms with Crippen molar-refractivity contribution in [3.05, 3.63) is 29.7 Å². The van der Waals surface area contributed by atoms with Crippen LogP contribution in [-0.4, -0.2) is 16.1 Å². The number of rotatable bonds is 3. The lowest BCUT2D eigenvalue weighted by Gasteiger charge is -1.97. The van der Waals surface area contributed by atoms with Crippen molar-refractivity contribution in [3.8, 4) is 0 Å². The van der Waals surface area contributed by atoms with Crippen LogP contribution < -0.4 is 0 Å². The van der Waals surface area contributed by atoms with Crippen LogP contribution in [-0.2, 0) is 11.2 Å². The number of carboxylic acid groups (broad SMARTS) is 1. The molecule has 1 aromatic heterocycles. The summed E-state index contributed by atoms with van der Waals surface area (Å²) in [5.41, 5.74) is -0.0792. The number of benzene rings is 1. The van der Waals surface area contributed by atoms with Crippen LogP contribution in [0, 0.1) is 0 Å². The molecular formula is C10H7F2NO3. The number of halogens is 2. The molecule has 0 bridgehead atoms. The van der Waals surface area contributed by atoms with Crippen LogP contribution in [0.25, 0.3) is 11.1 Å². The molecule has 0 fully saturated rings. The van der Waals surface area contributed by atoms with Gasteiger partial charge in [-0.2, -0.15) is 0 Å². The highest BCUT2D eigenvalue weighted by Crippen LogP contribution is 2.28. The average Bonchev–Trinajstić information content (AvgIpc) is 2.57. The van der Waals surface area contributed by atoms with Gasteiger partial charge in [0.15, 0.2) is 5.58 Å². The summed E-state index contributed by atoms with van der Waals surface area (Å²) in [5.74, 6) is -1.19. The second-order valence-corrected chi connectivity index (χ2v) is 3.17. The van der Waals surface area contributed by atoms with Gasteiger partial charge >= 0.3 is 5.97 Å². The van der Waals surface area contributed by atoms with E-state index in [4.69, 9.17) is 9.52 Å². The molecule has 0 unspecified atom stereocenters. The number of oxazole rings is 1. The van der Waals surface area contributed by atoms with E-state index in [2.05, 4.69) is 4.98 Å². The van der Waals surface area contributed by atoms with E-state index < -0.39 is 18.8 Å². The minimum absolute atomic E-state index is 0.0475. The highest BCUT2D eigenvalue weighted by Gasteiger charge is 2.17. The van der Waals surface area contributed by atoms with Crippen LogP contribution in [0.4, 0.5) is 8.78 Å². The normalized spacial score (nSPS) is 11.2. The zero-order valence-corrected chi connectivity index (χ0v) is 7.98. The van der Waals surface area contributed by atoms with Gasteiger partial charge in [-0.25, -0.2) is 13.8 Å². The fraction of sp³-hybridized carbons (Fsp3) is 0.200. The number of nitrogens with zero attached hydrogens (tertiary/aromatic N) is 1. The molecular weight excluding hydrogens is 220 g/mol. The van der Waals surface area contributed by atoms with E-state index in [0.717, 1.165) is 0 Å². The lowest BCUT2D eigenvalue weighted by molar-refractivity contribution is -0.136. The van der Waals surface area contributed by atoms with Crippen molar-refractivity contribution in [2.24, 2.45) is 0 Å². The number of aromatic nitrogens is 1. The maximum Gasteiger partial charge on any atom is 0.312 e. The topological polar surface area (TPSA) is 63.3 Å². The molecule has 16 heavy (non-hydrogen) atoms. The van der Waals surface area contributed by atoms with Crippen LogP contribution in [0.5, 0.6) is 0 Å². The van der Waals surface area contributed by atoms with Crippen molar-refractivity contribution in [1.82, 2.24) is 4.98 Å². The summed E-state index contributed by atoms with van der Waals surface area (Å²) >= 11 is 0. The van der Waals surface area contributed by atoms with E-state index >= 15 is 0 Å². The molecule has 0 radical (unpaired) electrons. The third-order valence-electron chi connectivity index (χ3n) is 2.03. The lowest BCUT2D eigenvalue weighted by atomic mass is 10.2. The number of para-hydroxylation sites is 1. The van der Waals surface area contributed by atoms with Gasteiger partial charge in [-0.1, -0.05) is 6.07 Å². The van der Waals surface area contributed by atoms with Crippen LogP contribution in [0.1, 0.15) is 17.9 Å². The number of aliphatic carboxylic acids is 1. The van der Waals surface area contributed by atoms with E-state index in [1.54, 1.807) is 0 Å². The fourth-order valence-electron chi connectivity index (χ4n) is 1.39. The minimum Gasteiger partial charge on any atom is -0.481 e. The summed E-state index contributed by atoms with van der Waals surface area (Å²) in [6, 6.07) is 4.15. The summed E-state index contributed by atoms with van der Waals surface area (Å²) in [5, 5.41) is 8.52. The molecule has 2 rings (SSSR count). The van der Waals surface area contributed by atoms with Gasteiger partial charge < -0.3 is 9.52 Å². The van der Waals surface area contributed by atoms with Gasteiger partial charge in [0.2, 0.25) is 5.89 Å². The molecule has 0 amide bonds. The first kappa shape index (κ1) is 10.5. The molecule has 0 atom stereocenters. The predicted octanol–water partition coefficient (Wildman–Crippen LogP) is 2.39. The highest BCUT2D eigenvalue weighted by molar-refractivity contribution is 5.77. The maximum absolute atomic E-state index is 12.6. The molecule has 0 aliphatic carbocycles. The van der Waals surface area contributed by atoms with E-state index in [9.17, 15) is 13.6 Å². The van der Waals surface area contributed by atoms with E-state index in [1.807, 2.05) is 0 Å². The van der Waals surface area contributed by atoms with Gasteiger partial charge in [-0.15, -0.1) is 0 Å². The number of hydrogen-bond acceptors (Lipinski definition) is 3. The largest absolute Gasteiger partial charge is 0.481 e. The number of carbonyl (C=O) groups is 1. The molecule has 2 aromatic rings. The summed E-state index contributed by atoms with van der Waals surface area (Å²) in [4.78, 5) is 14.2. The molecule has 6 heteroatoms. The molecule has 0 aliphatic rings. The van der Waals surface area contributed by atoms with Crippen molar-refractivity contribution in [1.29, 1.82) is 0 Å². The van der Waals surface area contributed by atoms with Gasteiger partial charge in [-0.05, 0) is 12.1 Å². The first-order chi connectivity index (χ1) is 7.58. The monoisotopic (exact) mass is 227 g/mol. The Morgan fingerprint density at radius 2 is 2.25 bits per heavy atom. The maximum atomic E-state index is 12.6. The minimum atomic E-state index is -2.67. The standard InChI is InChI=1S/C10H7F2NO3/c11-10(12)5-2-1-3-6-9(5)16-7(13-6)4-8(14)15/h1-3,10H,4H2,(H,14,15). The highest BCUT2D eigenvalue weighted by atomic mass is 19.3. The first-order valence-corrected chi connectivity index (χ1v) is 4.46. The van der Waals surface area contributed by atoms with Gasteiger partial charge in [-0.3, -0.25) is 4.79 Å². The molecule has 0 aliphatic heterocycles. The van der Waals surface area contributed by atoms with Crippen molar-refractivity contribution < 1.29 is 23.1 Å². The Balaban J connectivity index is 2.52. The zero-order chi connectivity index (χ0) is 11.7. The number of fused-ring (bicyclic) bond motifs is 1. The van der Waals surface area contributed by atoms with Gasteiger partial charge in [0.05, 0.1) is 5.56 Å². The number of carboxylic acids is 1. The Morgan fingerprint density at radius 1 is 1.50 bits per heavy atom. The zero-order valence-electron chi connectivity index (χ0n) is 7.98. The number of alkyl halides is 2. The van der Waals surface area contributed by atoms with E-state index in [1.165, 1.54) is 18.2 Å². The third kappa shape index (κ3) is 1.86. The Labute approximate surface area is 88.5 Å². The molecule has 84 valence electrons. The van der Waals surface area contributed by atoms with Crippen LogP contribution in [0.3, 0.4) is 0 Å². The Bertz CT molecular complexity index is 536. The molecule has 0 saturated heterocycles.